The minimum atomic E-state index is 0.129. The third-order valence-electron chi connectivity index (χ3n) is 4.65. The molecule has 1 N–H and O–H groups in total. The van der Waals surface area contributed by atoms with Gasteiger partial charge in [-0.15, -0.1) is 10.2 Å². The molecule has 0 spiro atoms. The van der Waals surface area contributed by atoms with Gasteiger partial charge in [0.15, 0.2) is 11.6 Å². The second-order valence-electron chi connectivity index (χ2n) is 6.38. The zero-order chi connectivity index (χ0) is 17.3. The Labute approximate surface area is 141 Å². The van der Waals surface area contributed by atoms with E-state index in [9.17, 15) is 4.79 Å². The van der Waals surface area contributed by atoms with Crippen molar-refractivity contribution in [3.63, 3.8) is 0 Å². The lowest BCUT2D eigenvalue weighted by Crippen LogP contribution is -2.41. The summed E-state index contributed by atoms with van der Waals surface area (Å²) in [7, 11) is 1.64. The van der Waals surface area contributed by atoms with E-state index in [1.807, 2.05) is 18.7 Å². The quantitative estimate of drug-likeness (QED) is 0.891. The predicted molar refractivity (Wildman–Crippen MR) is 87.2 cm³/mol. The van der Waals surface area contributed by atoms with E-state index >= 15 is 0 Å². The molecule has 24 heavy (non-hydrogen) atoms. The summed E-state index contributed by atoms with van der Waals surface area (Å²) in [4.78, 5) is 14.4. The van der Waals surface area contributed by atoms with E-state index < -0.39 is 0 Å². The number of ether oxygens (including phenoxy) is 1. The van der Waals surface area contributed by atoms with Gasteiger partial charge < -0.3 is 14.2 Å². The maximum absolute atomic E-state index is 12.6. The van der Waals surface area contributed by atoms with Crippen molar-refractivity contribution in [2.45, 2.75) is 52.8 Å². The number of fused-ring (bicyclic) bond motifs is 1. The molecule has 1 aliphatic heterocycles. The van der Waals surface area contributed by atoms with Crippen LogP contribution in [0.4, 0.5) is 0 Å². The fourth-order valence-corrected chi connectivity index (χ4v) is 3.19. The molecular weight excluding hydrogens is 308 g/mol. The van der Waals surface area contributed by atoms with Crippen molar-refractivity contribution in [2.24, 2.45) is 0 Å². The topological polar surface area (TPSA) is 88.9 Å². The van der Waals surface area contributed by atoms with Crippen molar-refractivity contribution in [3.05, 3.63) is 28.6 Å². The highest BCUT2D eigenvalue weighted by Gasteiger charge is 2.29. The molecule has 0 saturated heterocycles. The molecule has 0 radical (unpaired) electrons. The lowest BCUT2D eigenvalue weighted by Gasteiger charge is -2.32. The van der Waals surface area contributed by atoms with Crippen LogP contribution in [-0.4, -0.2) is 49.4 Å². The molecule has 130 valence electrons. The van der Waals surface area contributed by atoms with Crippen molar-refractivity contribution in [1.82, 2.24) is 29.9 Å². The summed E-state index contributed by atoms with van der Waals surface area (Å²) in [6.07, 6.45) is 1.11. The second kappa shape index (κ2) is 6.72. The molecule has 0 unspecified atom stereocenters. The van der Waals surface area contributed by atoms with Crippen molar-refractivity contribution >= 4 is 5.91 Å². The van der Waals surface area contributed by atoms with Gasteiger partial charge in [0.2, 0.25) is 5.91 Å². The van der Waals surface area contributed by atoms with Crippen LogP contribution in [0, 0.1) is 13.8 Å². The summed E-state index contributed by atoms with van der Waals surface area (Å²) in [5.74, 6) is 1.76. The lowest BCUT2D eigenvalue weighted by atomic mass is 10.1. The Kier molecular flexibility index (Phi) is 4.66. The number of amides is 1. The Morgan fingerprint density at radius 1 is 1.38 bits per heavy atom. The van der Waals surface area contributed by atoms with E-state index in [4.69, 9.17) is 4.74 Å². The maximum Gasteiger partial charge on any atom is 0.223 e. The number of carbonyl (C=O) groups is 1. The standard InChI is InChI=1S/C16H24N6O2/c1-10-7-21(8-14-19-20-15(9-24-4)22(10)14)16(23)6-5-13-11(2)12(3)17-18-13/h10H,5-9H2,1-4H3,(H,17,18)/t10-/m0/s1. The number of carbonyl (C=O) groups excluding carboxylic acids is 1. The number of aryl methyl sites for hydroxylation is 2. The molecule has 0 aromatic carbocycles. The largest absolute Gasteiger partial charge is 0.377 e. The van der Waals surface area contributed by atoms with Gasteiger partial charge in [-0.3, -0.25) is 9.89 Å². The summed E-state index contributed by atoms with van der Waals surface area (Å²) >= 11 is 0. The van der Waals surface area contributed by atoms with Crippen LogP contribution in [0.1, 0.15) is 48.0 Å². The van der Waals surface area contributed by atoms with E-state index in [1.165, 1.54) is 0 Å². The van der Waals surface area contributed by atoms with Crippen LogP contribution < -0.4 is 0 Å². The third kappa shape index (κ3) is 3.06. The number of H-pyrrole nitrogens is 1. The summed E-state index contributed by atoms with van der Waals surface area (Å²) in [5, 5.41) is 15.6. The molecule has 1 aliphatic rings. The predicted octanol–water partition coefficient (Wildman–Crippen LogP) is 1.30. The Balaban J connectivity index is 1.65. The molecule has 0 fully saturated rings. The van der Waals surface area contributed by atoms with Gasteiger partial charge in [0, 0.05) is 32.2 Å². The normalized spacial score (nSPS) is 17.2. The van der Waals surface area contributed by atoms with Crippen LogP contribution in [0.15, 0.2) is 0 Å². The second-order valence-corrected chi connectivity index (χ2v) is 6.38. The van der Waals surface area contributed by atoms with Gasteiger partial charge in [0.05, 0.1) is 18.3 Å². The first kappa shape index (κ1) is 16.6. The fourth-order valence-electron chi connectivity index (χ4n) is 3.19. The molecule has 0 aliphatic carbocycles. The van der Waals surface area contributed by atoms with Crippen LogP contribution in [0.3, 0.4) is 0 Å². The van der Waals surface area contributed by atoms with E-state index in [-0.39, 0.29) is 11.9 Å². The fraction of sp³-hybridized carbons (Fsp3) is 0.625. The number of aromatic amines is 1. The van der Waals surface area contributed by atoms with Crippen molar-refractivity contribution in [1.29, 1.82) is 0 Å². The lowest BCUT2D eigenvalue weighted by molar-refractivity contribution is -0.133. The van der Waals surface area contributed by atoms with Gasteiger partial charge in [0.25, 0.3) is 0 Å². The SMILES string of the molecule is COCc1nnc2n1[C@@H](C)CN(C(=O)CCc1n[nH]c(C)c1C)C2. The van der Waals surface area contributed by atoms with Crippen LogP contribution in [-0.2, 0) is 29.1 Å². The highest BCUT2D eigenvalue weighted by Crippen LogP contribution is 2.22. The number of rotatable bonds is 5. The number of methoxy groups -OCH3 is 1. The minimum Gasteiger partial charge on any atom is -0.377 e. The number of hydrogen-bond donors (Lipinski definition) is 1. The Bertz CT molecular complexity index is 735. The minimum absolute atomic E-state index is 0.129. The number of nitrogens with zero attached hydrogens (tertiary/aromatic N) is 5. The van der Waals surface area contributed by atoms with Crippen LogP contribution >= 0.6 is 0 Å². The number of nitrogens with one attached hydrogen (secondary N) is 1. The number of aromatic nitrogens is 5. The van der Waals surface area contributed by atoms with Gasteiger partial charge in [-0.05, 0) is 26.3 Å². The molecular formula is C16H24N6O2. The molecule has 8 nitrogen and oxygen atoms in total. The Morgan fingerprint density at radius 3 is 2.83 bits per heavy atom. The molecule has 1 amide bonds. The highest BCUT2D eigenvalue weighted by molar-refractivity contribution is 5.76. The first-order chi connectivity index (χ1) is 11.5. The van der Waals surface area contributed by atoms with Crippen LogP contribution in [0.25, 0.3) is 0 Å². The highest BCUT2D eigenvalue weighted by atomic mass is 16.5. The van der Waals surface area contributed by atoms with E-state index in [1.54, 1.807) is 7.11 Å². The average Bonchev–Trinajstić information content (AvgIpc) is 3.11. The Morgan fingerprint density at radius 2 is 2.17 bits per heavy atom. The van der Waals surface area contributed by atoms with E-state index in [0.717, 1.165) is 28.6 Å². The van der Waals surface area contributed by atoms with E-state index in [0.29, 0.717) is 32.5 Å². The molecule has 1 atom stereocenters. The van der Waals surface area contributed by atoms with Gasteiger partial charge in [-0.2, -0.15) is 5.10 Å². The zero-order valence-electron chi connectivity index (χ0n) is 14.7. The van der Waals surface area contributed by atoms with Gasteiger partial charge in [-0.1, -0.05) is 0 Å². The average molecular weight is 332 g/mol. The van der Waals surface area contributed by atoms with Crippen molar-refractivity contribution < 1.29 is 9.53 Å². The van der Waals surface area contributed by atoms with Gasteiger partial charge >= 0.3 is 0 Å². The van der Waals surface area contributed by atoms with Crippen LogP contribution in [0.5, 0.6) is 0 Å². The zero-order valence-corrected chi connectivity index (χ0v) is 14.7. The molecule has 8 heteroatoms. The summed E-state index contributed by atoms with van der Waals surface area (Å²) in [6.45, 7) is 7.69. The molecule has 2 aromatic heterocycles. The third-order valence-corrected chi connectivity index (χ3v) is 4.65. The Hall–Kier alpha value is -2.22. The summed E-state index contributed by atoms with van der Waals surface area (Å²) in [5.41, 5.74) is 3.16. The number of hydrogen-bond acceptors (Lipinski definition) is 5. The van der Waals surface area contributed by atoms with Crippen LogP contribution in [0.2, 0.25) is 0 Å². The molecule has 2 aromatic rings. The smallest absolute Gasteiger partial charge is 0.223 e. The summed E-state index contributed by atoms with van der Waals surface area (Å²) in [6, 6.07) is 0.146. The summed E-state index contributed by atoms with van der Waals surface area (Å²) < 4.78 is 7.24. The van der Waals surface area contributed by atoms with E-state index in [2.05, 4.69) is 31.9 Å². The molecule has 0 bridgehead atoms. The monoisotopic (exact) mass is 332 g/mol. The van der Waals surface area contributed by atoms with Crippen molar-refractivity contribution in [3.8, 4) is 0 Å². The maximum atomic E-state index is 12.6. The van der Waals surface area contributed by atoms with Crippen molar-refractivity contribution in [2.75, 3.05) is 13.7 Å². The van der Waals surface area contributed by atoms with Gasteiger partial charge in [-0.25, -0.2) is 0 Å². The first-order valence-corrected chi connectivity index (χ1v) is 8.21. The molecule has 3 rings (SSSR count). The van der Waals surface area contributed by atoms with Gasteiger partial charge in [0.1, 0.15) is 6.61 Å². The molecule has 3 heterocycles. The molecule has 0 saturated carbocycles. The first-order valence-electron chi connectivity index (χ1n) is 8.21.